The van der Waals surface area contributed by atoms with Gasteiger partial charge in [0.1, 0.15) is 11.6 Å². The fourth-order valence-electron chi connectivity index (χ4n) is 4.17. The number of halogens is 1. The van der Waals surface area contributed by atoms with Gasteiger partial charge in [-0.1, -0.05) is 53.2 Å². The second-order valence-corrected chi connectivity index (χ2v) is 8.26. The van der Waals surface area contributed by atoms with Crippen LogP contribution in [0.4, 0.5) is 14.9 Å². The largest absolute Gasteiger partial charge is 0.497 e. The maximum absolute atomic E-state index is 13.8. The molecule has 2 amide bonds. The second-order valence-electron chi connectivity index (χ2n) is 8.26. The molecule has 0 bridgehead atoms. The van der Waals surface area contributed by atoms with Crippen LogP contribution in [0.3, 0.4) is 0 Å². The number of nitrogens with one attached hydrogen (secondary N) is 1. The predicted molar refractivity (Wildman–Crippen MR) is 130 cm³/mol. The van der Waals surface area contributed by atoms with Crippen LogP contribution in [0.1, 0.15) is 30.0 Å². The van der Waals surface area contributed by atoms with Crippen LogP contribution in [0.25, 0.3) is 17.0 Å². The summed E-state index contributed by atoms with van der Waals surface area (Å²) in [4.78, 5) is 19.4. The molecule has 0 aliphatic carbocycles. The standard InChI is InChI=1S/C27H23FN4O3/c1-16-10-12-18(13-11-16)24-23(26-30-25(31-35-26)19-6-4-7-20(28)14-19)17(2)32(27(33)29-24)21-8-5-9-22(15-21)34-3/h4-15,24H,1-3H3,(H,29,33). The molecule has 3 aromatic carbocycles. The third kappa shape index (κ3) is 4.26. The molecule has 4 aromatic rings. The van der Waals surface area contributed by atoms with E-state index in [0.29, 0.717) is 28.3 Å². The van der Waals surface area contributed by atoms with E-state index in [1.165, 1.54) is 12.1 Å². The molecule has 5 rings (SSSR count). The number of ether oxygens (including phenoxy) is 1. The Morgan fingerprint density at radius 1 is 1.03 bits per heavy atom. The monoisotopic (exact) mass is 470 g/mol. The number of amides is 2. The molecule has 7 nitrogen and oxygen atoms in total. The Hall–Kier alpha value is -4.46. The van der Waals surface area contributed by atoms with Gasteiger partial charge < -0.3 is 14.6 Å². The van der Waals surface area contributed by atoms with Crippen LogP contribution in [0, 0.1) is 12.7 Å². The average Bonchev–Trinajstić information content (AvgIpc) is 3.34. The number of rotatable bonds is 5. The number of aromatic nitrogens is 2. The molecule has 0 radical (unpaired) electrons. The highest BCUT2D eigenvalue weighted by molar-refractivity contribution is 6.01. The zero-order valence-electron chi connectivity index (χ0n) is 19.4. The van der Waals surface area contributed by atoms with E-state index < -0.39 is 11.9 Å². The van der Waals surface area contributed by atoms with Crippen molar-refractivity contribution in [1.29, 1.82) is 0 Å². The van der Waals surface area contributed by atoms with Crippen LogP contribution in [-0.2, 0) is 0 Å². The highest BCUT2D eigenvalue weighted by atomic mass is 19.1. The van der Waals surface area contributed by atoms with Gasteiger partial charge in [0.05, 0.1) is 24.4 Å². The number of methoxy groups -OCH3 is 1. The fraction of sp³-hybridized carbons (Fsp3) is 0.148. The lowest BCUT2D eigenvalue weighted by Gasteiger charge is -2.35. The van der Waals surface area contributed by atoms with Crippen molar-refractivity contribution in [2.45, 2.75) is 19.9 Å². The van der Waals surface area contributed by atoms with Crippen molar-refractivity contribution in [1.82, 2.24) is 15.5 Å². The Bertz CT molecular complexity index is 1430. The van der Waals surface area contributed by atoms with Gasteiger partial charge in [0.15, 0.2) is 0 Å². The summed E-state index contributed by atoms with van der Waals surface area (Å²) < 4.78 is 24.8. The number of allylic oxidation sites excluding steroid dienone is 1. The van der Waals surface area contributed by atoms with Crippen LogP contribution < -0.4 is 15.0 Å². The second kappa shape index (κ2) is 9.06. The van der Waals surface area contributed by atoms with Gasteiger partial charge in [-0.15, -0.1) is 0 Å². The van der Waals surface area contributed by atoms with Gasteiger partial charge in [-0.05, 0) is 43.7 Å². The summed E-state index contributed by atoms with van der Waals surface area (Å²) in [6.07, 6.45) is 0. The van der Waals surface area contributed by atoms with E-state index in [0.717, 1.165) is 11.1 Å². The highest BCUT2D eigenvalue weighted by Gasteiger charge is 2.36. The number of urea groups is 1. The summed E-state index contributed by atoms with van der Waals surface area (Å²) in [6.45, 7) is 3.83. The maximum atomic E-state index is 13.8. The van der Waals surface area contributed by atoms with Crippen LogP contribution in [0.15, 0.2) is 83.0 Å². The van der Waals surface area contributed by atoms with E-state index in [1.807, 2.05) is 56.3 Å². The molecule has 0 saturated carbocycles. The van der Waals surface area contributed by atoms with Gasteiger partial charge in [0.25, 0.3) is 5.89 Å². The predicted octanol–water partition coefficient (Wildman–Crippen LogP) is 5.89. The summed E-state index contributed by atoms with van der Waals surface area (Å²) in [6, 6.07) is 20.3. The zero-order chi connectivity index (χ0) is 24.5. The topological polar surface area (TPSA) is 80.5 Å². The summed E-state index contributed by atoms with van der Waals surface area (Å²) in [5, 5.41) is 7.16. The van der Waals surface area contributed by atoms with Crippen molar-refractivity contribution >= 4 is 17.3 Å². The Labute approximate surface area is 201 Å². The number of nitrogens with zero attached hydrogens (tertiary/aromatic N) is 3. The normalized spacial score (nSPS) is 15.8. The van der Waals surface area contributed by atoms with Gasteiger partial charge in [0.2, 0.25) is 5.82 Å². The molecule has 35 heavy (non-hydrogen) atoms. The van der Waals surface area contributed by atoms with Gasteiger partial charge in [0, 0.05) is 17.3 Å². The maximum Gasteiger partial charge on any atom is 0.327 e. The third-order valence-electron chi connectivity index (χ3n) is 5.95. The first kappa shape index (κ1) is 22.3. The van der Waals surface area contributed by atoms with E-state index in [1.54, 1.807) is 30.2 Å². The summed E-state index contributed by atoms with van der Waals surface area (Å²) in [5.41, 5.74) is 4.36. The van der Waals surface area contributed by atoms with E-state index in [-0.39, 0.29) is 17.7 Å². The fourth-order valence-corrected chi connectivity index (χ4v) is 4.17. The number of benzene rings is 3. The molecule has 1 aliphatic heterocycles. The number of aryl methyl sites for hydroxylation is 1. The summed E-state index contributed by atoms with van der Waals surface area (Å²) >= 11 is 0. The zero-order valence-corrected chi connectivity index (χ0v) is 19.4. The first-order chi connectivity index (χ1) is 16.9. The SMILES string of the molecule is COc1cccc(N2C(=O)NC(c3ccc(C)cc3)C(c3nc(-c4cccc(F)c4)no3)=C2C)c1. The van der Waals surface area contributed by atoms with Crippen LogP contribution in [0.5, 0.6) is 5.75 Å². The summed E-state index contributed by atoms with van der Waals surface area (Å²) in [7, 11) is 1.57. The molecule has 1 N–H and O–H groups in total. The number of hydrogen-bond donors (Lipinski definition) is 1. The van der Waals surface area contributed by atoms with Gasteiger partial charge in [-0.2, -0.15) is 4.98 Å². The molecule has 1 aliphatic rings. The van der Waals surface area contributed by atoms with Gasteiger partial charge >= 0.3 is 6.03 Å². The lowest BCUT2D eigenvalue weighted by molar-refractivity contribution is 0.244. The number of hydrogen-bond acceptors (Lipinski definition) is 5. The van der Waals surface area contributed by atoms with E-state index in [4.69, 9.17) is 9.26 Å². The molecule has 1 aromatic heterocycles. The van der Waals surface area contributed by atoms with Crippen molar-refractivity contribution in [2.24, 2.45) is 0 Å². The molecule has 1 unspecified atom stereocenters. The number of carbonyl (C=O) groups is 1. The number of anilines is 1. The van der Waals surface area contributed by atoms with Crippen molar-refractivity contribution < 1.29 is 18.4 Å². The van der Waals surface area contributed by atoms with Crippen LogP contribution in [-0.4, -0.2) is 23.3 Å². The minimum Gasteiger partial charge on any atom is -0.497 e. The quantitative estimate of drug-likeness (QED) is 0.393. The van der Waals surface area contributed by atoms with E-state index >= 15 is 0 Å². The lowest BCUT2D eigenvalue weighted by atomic mass is 9.94. The minimum atomic E-state index is -0.522. The molecular weight excluding hydrogens is 447 g/mol. The molecule has 0 fully saturated rings. The highest BCUT2D eigenvalue weighted by Crippen LogP contribution is 2.39. The third-order valence-corrected chi connectivity index (χ3v) is 5.95. The van der Waals surface area contributed by atoms with Gasteiger partial charge in [-0.25, -0.2) is 9.18 Å². The lowest BCUT2D eigenvalue weighted by Crippen LogP contribution is -2.46. The Balaban J connectivity index is 1.66. The first-order valence-electron chi connectivity index (χ1n) is 11.1. The van der Waals surface area contributed by atoms with Crippen molar-refractivity contribution in [3.63, 3.8) is 0 Å². The smallest absolute Gasteiger partial charge is 0.327 e. The molecule has 8 heteroatoms. The summed E-state index contributed by atoms with van der Waals surface area (Å²) in [5.74, 6) is 0.722. The molecule has 0 spiro atoms. The van der Waals surface area contributed by atoms with Crippen LogP contribution >= 0.6 is 0 Å². The Morgan fingerprint density at radius 3 is 2.54 bits per heavy atom. The van der Waals surface area contributed by atoms with Crippen molar-refractivity contribution in [3.8, 4) is 17.1 Å². The Morgan fingerprint density at radius 2 is 1.80 bits per heavy atom. The minimum absolute atomic E-state index is 0.236. The molecule has 1 atom stereocenters. The Kier molecular flexibility index (Phi) is 5.78. The molecular formula is C27H23FN4O3. The van der Waals surface area contributed by atoms with E-state index in [2.05, 4.69) is 15.5 Å². The average molecular weight is 471 g/mol. The van der Waals surface area contributed by atoms with Crippen LogP contribution in [0.2, 0.25) is 0 Å². The van der Waals surface area contributed by atoms with Gasteiger partial charge in [-0.3, -0.25) is 4.90 Å². The molecule has 0 saturated heterocycles. The molecule has 2 heterocycles. The van der Waals surface area contributed by atoms with Crippen molar-refractivity contribution in [3.05, 3.63) is 101 Å². The molecule has 176 valence electrons. The van der Waals surface area contributed by atoms with E-state index in [9.17, 15) is 9.18 Å². The van der Waals surface area contributed by atoms with Crippen molar-refractivity contribution in [2.75, 3.05) is 12.0 Å². The first-order valence-corrected chi connectivity index (χ1v) is 11.1. The number of carbonyl (C=O) groups excluding carboxylic acids is 1.